The quantitative estimate of drug-likeness (QED) is 0.718. The summed E-state index contributed by atoms with van der Waals surface area (Å²) in [6, 6.07) is 14.2. The van der Waals surface area contributed by atoms with E-state index in [0.717, 1.165) is 11.4 Å². The van der Waals surface area contributed by atoms with Gasteiger partial charge in [-0.25, -0.2) is 9.67 Å². The molecular weight excluding hydrogens is 318 g/mol. The summed E-state index contributed by atoms with van der Waals surface area (Å²) in [6.07, 6.45) is 1.55. The first kappa shape index (κ1) is 16.7. The molecule has 0 saturated heterocycles. The molecule has 6 heteroatoms. The van der Waals surface area contributed by atoms with Crippen molar-refractivity contribution in [2.45, 2.75) is 13.5 Å². The summed E-state index contributed by atoms with van der Waals surface area (Å²) in [5.41, 5.74) is 2.76. The number of aromatic hydroxyl groups is 1. The van der Waals surface area contributed by atoms with E-state index < -0.39 is 0 Å². The van der Waals surface area contributed by atoms with Crippen LogP contribution in [0.3, 0.4) is 0 Å². The molecule has 0 spiro atoms. The van der Waals surface area contributed by atoms with Gasteiger partial charge in [0.25, 0.3) is 5.56 Å². The minimum absolute atomic E-state index is 0.0296. The highest BCUT2D eigenvalue weighted by molar-refractivity contribution is 5.82. The Balaban J connectivity index is 2.03. The van der Waals surface area contributed by atoms with Gasteiger partial charge >= 0.3 is 0 Å². The Bertz CT molecular complexity index is 985. The van der Waals surface area contributed by atoms with Gasteiger partial charge in [0.2, 0.25) is 0 Å². The highest BCUT2D eigenvalue weighted by Crippen LogP contribution is 2.19. The first-order valence-corrected chi connectivity index (χ1v) is 7.83. The molecular formula is C19H19N3O3. The van der Waals surface area contributed by atoms with Crippen molar-refractivity contribution in [2.75, 3.05) is 0 Å². The van der Waals surface area contributed by atoms with Gasteiger partial charge < -0.3 is 10.2 Å². The van der Waals surface area contributed by atoms with E-state index in [1.54, 1.807) is 27.7 Å². The van der Waals surface area contributed by atoms with E-state index in [9.17, 15) is 15.0 Å². The first-order valence-electron chi connectivity index (χ1n) is 7.83. The van der Waals surface area contributed by atoms with Crippen molar-refractivity contribution in [3.63, 3.8) is 0 Å². The zero-order chi connectivity index (χ0) is 18.0. The average Bonchev–Trinajstić information content (AvgIpc) is 2.84. The van der Waals surface area contributed by atoms with Crippen LogP contribution in [0.5, 0.6) is 5.75 Å². The molecule has 3 aromatic rings. The second kappa shape index (κ2) is 6.78. The normalized spacial score (nSPS) is 11.3. The number of aromatic nitrogens is 2. The van der Waals surface area contributed by atoms with Gasteiger partial charge in [0.05, 0.1) is 18.0 Å². The van der Waals surface area contributed by atoms with Crippen molar-refractivity contribution < 1.29 is 10.2 Å². The molecule has 0 unspecified atom stereocenters. The van der Waals surface area contributed by atoms with Crippen molar-refractivity contribution in [1.82, 2.24) is 9.36 Å². The molecule has 6 nitrogen and oxygen atoms in total. The largest absolute Gasteiger partial charge is 0.508 e. The summed E-state index contributed by atoms with van der Waals surface area (Å²) in [4.78, 5) is 17.1. The molecule has 0 amide bonds. The van der Waals surface area contributed by atoms with Crippen LogP contribution in [0.25, 0.3) is 5.69 Å². The molecule has 0 aliphatic heterocycles. The fraction of sp³-hybridized carbons (Fsp3) is 0.158. The molecule has 0 radical (unpaired) electrons. The number of hydrogen-bond donors (Lipinski definition) is 2. The number of phenols is 1. The molecule has 0 atom stereocenters. The van der Waals surface area contributed by atoms with Crippen LogP contribution in [0.4, 0.5) is 5.69 Å². The van der Waals surface area contributed by atoms with E-state index >= 15 is 0 Å². The average molecular weight is 337 g/mol. The Hall–Kier alpha value is -3.12. The Labute approximate surface area is 144 Å². The van der Waals surface area contributed by atoms with Gasteiger partial charge in [-0.05, 0) is 42.8 Å². The smallest absolute Gasteiger partial charge is 0.297 e. The molecule has 0 fully saturated rings. The molecule has 0 aliphatic rings. The van der Waals surface area contributed by atoms with Gasteiger partial charge in [-0.1, -0.05) is 18.2 Å². The molecule has 1 aromatic heterocycles. The van der Waals surface area contributed by atoms with Gasteiger partial charge in [-0.3, -0.25) is 9.48 Å². The number of benzene rings is 2. The van der Waals surface area contributed by atoms with E-state index in [0.29, 0.717) is 16.8 Å². The Kier molecular flexibility index (Phi) is 4.54. The van der Waals surface area contributed by atoms with Gasteiger partial charge in [0.15, 0.2) is 5.69 Å². The van der Waals surface area contributed by atoms with E-state index in [1.807, 2.05) is 44.3 Å². The van der Waals surface area contributed by atoms with E-state index in [-0.39, 0.29) is 17.9 Å². The van der Waals surface area contributed by atoms with Crippen molar-refractivity contribution >= 4 is 11.9 Å². The standard InChI is InChI=1S/C19H19N3O3/c1-13-18(20-11-14-8-9-17(24)15(10-14)12-23)19(25)22(21(13)2)16-6-4-3-5-7-16/h3-11,23-24H,12H2,1-2H3. The van der Waals surface area contributed by atoms with Crippen LogP contribution < -0.4 is 5.56 Å². The van der Waals surface area contributed by atoms with Crippen LogP contribution in [0.15, 0.2) is 58.3 Å². The highest BCUT2D eigenvalue weighted by Gasteiger charge is 2.14. The van der Waals surface area contributed by atoms with Crippen LogP contribution >= 0.6 is 0 Å². The SMILES string of the molecule is Cc1c(N=Cc2ccc(O)c(CO)c2)c(=O)n(-c2ccccc2)n1C. The number of aliphatic hydroxyl groups is 1. The van der Waals surface area contributed by atoms with Crippen LogP contribution in [0, 0.1) is 6.92 Å². The van der Waals surface area contributed by atoms with Crippen LogP contribution in [0.2, 0.25) is 0 Å². The Morgan fingerprint density at radius 2 is 1.88 bits per heavy atom. The van der Waals surface area contributed by atoms with E-state index in [1.165, 1.54) is 6.07 Å². The summed E-state index contributed by atoms with van der Waals surface area (Å²) in [5, 5.41) is 18.8. The van der Waals surface area contributed by atoms with Crippen LogP contribution in [-0.4, -0.2) is 25.8 Å². The van der Waals surface area contributed by atoms with Crippen molar-refractivity contribution in [1.29, 1.82) is 0 Å². The van der Waals surface area contributed by atoms with Gasteiger partial charge in [0.1, 0.15) is 5.75 Å². The third-order valence-corrected chi connectivity index (χ3v) is 4.14. The molecule has 0 aliphatic carbocycles. The lowest BCUT2D eigenvalue weighted by Crippen LogP contribution is -2.19. The molecule has 0 saturated carbocycles. The number of hydrogen-bond acceptors (Lipinski definition) is 4. The van der Waals surface area contributed by atoms with Crippen molar-refractivity contribution in [3.8, 4) is 11.4 Å². The van der Waals surface area contributed by atoms with Gasteiger partial charge in [-0.15, -0.1) is 0 Å². The second-order valence-corrected chi connectivity index (χ2v) is 5.71. The zero-order valence-corrected chi connectivity index (χ0v) is 14.0. The Morgan fingerprint density at radius 1 is 1.16 bits per heavy atom. The fourth-order valence-corrected chi connectivity index (χ4v) is 2.65. The molecule has 2 N–H and O–H groups in total. The number of aliphatic imine (C=N–C) groups is 1. The first-order chi connectivity index (χ1) is 12.0. The van der Waals surface area contributed by atoms with E-state index in [2.05, 4.69) is 4.99 Å². The Morgan fingerprint density at radius 3 is 2.56 bits per heavy atom. The predicted octanol–water partition coefficient (Wildman–Crippen LogP) is 2.43. The topological polar surface area (TPSA) is 79.8 Å². The lowest BCUT2D eigenvalue weighted by atomic mass is 10.1. The number of rotatable bonds is 4. The minimum Gasteiger partial charge on any atom is -0.508 e. The van der Waals surface area contributed by atoms with E-state index in [4.69, 9.17) is 0 Å². The summed E-state index contributed by atoms with van der Waals surface area (Å²) < 4.78 is 3.33. The van der Waals surface area contributed by atoms with Crippen LogP contribution in [0.1, 0.15) is 16.8 Å². The molecule has 1 heterocycles. The molecule has 128 valence electrons. The van der Waals surface area contributed by atoms with Crippen molar-refractivity contribution in [3.05, 3.63) is 75.7 Å². The maximum absolute atomic E-state index is 12.8. The summed E-state index contributed by atoms with van der Waals surface area (Å²) in [5.74, 6) is 0.0296. The molecule has 0 bridgehead atoms. The minimum atomic E-state index is -0.265. The predicted molar refractivity (Wildman–Crippen MR) is 97.0 cm³/mol. The highest BCUT2D eigenvalue weighted by atomic mass is 16.3. The summed E-state index contributed by atoms with van der Waals surface area (Å²) in [6.45, 7) is 1.57. The lowest BCUT2D eigenvalue weighted by Gasteiger charge is -2.07. The fourth-order valence-electron chi connectivity index (χ4n) is 2.65. The molecule has 3 rings (SSSR count). The summed E-state index contributed by atoms with van der Waals surface area (Å²) >= 11 is 0. The monoisotopic (exact) mass is 337 g/mol. The maximum Gasteiger partial charge on any atom is 0.297 e. The van der Waals surface area contributed by atoms with Gasteiger partial charge in [-0.2, -0.15) is 0 Å². The zero-order valence-electron chi connectivity index (χ0n) is 14.0. The number of para-hydroxylation sites is 1. The second-order valence-electron chi connectivity index (χ2n) is 5.71. The third-order valence-electron chi connectivity index (χ3n) is 4.14. The molecule has 2 aromatic carbocycles. The third kappa shape index (κ3) is 3.12. The lowest BCUT2D eigenvalue weighted by molar-refractivity contribution is 0.275. The maximum atomic E-state index is 12.8. The van der Waals surface area contributed by atoms with Crippen LogP contribution in [-0.2, 0) is 13.7 Å². The summed E-state index contributed by atoms with van der Waals surface area (Å²) in [7, 11) is 1.81. The van der Waals surface area contributed by atoms with Crippen molar-refractivity contribution in [2.24, 2.45) is 12.0 Å². The number of aliphatic hydroxyl groups excluding tert-OH is 1. The van der Waals surface area contributed by atoms with Gasteiger partial charge in [0, 0.05) is 18.8 Å². The molecule has 25 heavy (non-hydrogen) atoms. The number of nitrogens with zero attached hydrogens (tertiary/aromatic N) is 3.